The van der Waals surface area contributed by atoms with Gasteiger partial charge in [0.2, 0.25) is 0 Å². The molecule has 0 fully saturated rings. The summed E-state index contributed by atoms with van der Waals surface area (Å²) >= 11 is 0. The molecule has 0 aliphatic carbocycles. The number of unbranched alkanes of at least 4 members (excludes halogenated alkanes) is 1. The Morgan fingerprint density at radius 3 is 2.33 bits per heavy atom. The lowest BCUT2D eigenvalue weighted by atomic mass is 10.1. The molecule has 2 heteroatoms. The molecule has 0 aromatic carbocycles. The van der Waals surface area contributed by atoms with Crippen molar-refractivity contribution < 1.29 is 9.59 Å². The van der Waals surface area contributed by atoms with Crippen molar-refractivity contribution in [2.45, 2.75) is 39.0 Å². The first-order valence-electron chi connectivity index (χ1n) is 4.29. The molecule has 0 spiro atoms. The second-order valence-electron chi connectivity index (χ2n) is 2.94. The van der Waals surface area contributed by atoms with E-state index in [1.54, 1.807) is 13.0 Å². The maximum Gasteiger partial charge on any atom is 0.136 e. The van der Waals surface area contributed by atoms with Gasteiger partial charge in [-0.15, -0.1) is 6.58 Å². The van der Waals surface area contributed by atoms with Crippen LogP contribution in [0.1, 0.15) is 39.0 Å². The van der Waals surface area contributed by atoms with Gasteiger partial charge >= 0.3 is 0 Å². The molecule has 0 saturated carbocycles. The van der Waals surface area contributed by atoms with E-state index in [1.807, 2.05) is 0 Å². The smallest absolute Gasteiger partial charge is 0.136 e. The van der Waals surface area contributed by atoms with Crippen LogP contribution in [0.3, 0.4) is 0 Å². The summed E-state index contributed by atoms with van der Waals surface area (Å²) in [5.74, 6) is 0.416. The van der Waals surface area contributed by atoms with Crippen molar-refractivity contribution in [1.29, 1.82) is 0 Å². The fourth-order valence-corrected chi connectivity index (χ4v) is 0.959. The van der Waals surface area contributed by atoms with Crippen molar-refractivity contribution in [2.75, 3.05) is 0 Å². The van der Waals surface area contributed by atoms with Crippen LogP contribution in [0.4, 0.5) is 0 Å². The van der Waals surface area contributed by atoms with Crippen molar-refractivity contribution in [3.63, 3.8) is 0 Å². The number of hydrogen-bond donors (Lipinski definition) is 0. The summed E-state index contributed by atoms with van der Waals surface area (Å²) in [5.41, 5.74) is 0. The molecule has 0 aliphatic rings. The minimum atomic E-state index is 0.200. The summed E-state index contributed by atoms with van der Waals surface area (Å²) in [5, 5.41) is 0. The average molecular weight is 168 g/mol. The molecule has 68 valence electrons. The SMILES string of the molecule is C=CCC(=O)CCCCC(C)=O. The Labute approximate surface area is 73.7 Å². The number of hydrogen-bond acceptors (Lipinski definition) is 2. The van der Waals surface area contributed by atoms with E-state index in [9.17, 15) is 9.59 Å². The Bertz CT molecular complexity index is 171. The number of allylic oxidation sites excluding steroid dienone is 1. The van der Waals surface area contributed by atoms with Gasteiger partial charge in [0.1, 0.15) is 11.6 Å². The second kappa shape index (κ2) is 6.77. The minimum absolute atomic E-state index is 0.200. The molecule has 0 saturated heterocycles. The van der Waals surface area contributed by atoms with Crippen molar-refractivity contribution >= 4 is 11.6 Å². The third-order valence-corrected chi connectivity index (χ3v) is 1.61. The van der Waals surface area contributed by atoms with Crippen molar-refractivity contribution in [1.82, 2.24) is 0 Å². The number of ketones is 2. The molecule has 0 amide bonds. The Morgan fingerprint density at radius 1 is 1.25 bits per heavy atom. The number of carbonyl (C=O) groups is 2. The number of Topliss-reactive ketones (excluding diaryl/α,β-unsaturated/α-hetero) is 2. The molecule has 12 heavy (non-hydrogen) atoms. The normalized spacial score (nSPS) is 9.42. The van der Waals surface area contributed by atoms with Crippen molar-refractivity contribution in [3.8, 4) is 0 Å². The van der Waals surface area contributed by atoms with E-state index in [2.05, 4.69) is 6.58 Å². The van der Waals surface area contributed by atoms with Gasteiger partial charge in [-0.3, -0.25) is 4.79 Å². The van der Waals surface area contributed by atoms with Crippen LogP contribution in [0.2, 0.25) is 0 Å². The summed E-state index contributed by atoms with van der Waals surface area (Å²) < 4.78 is 0. The number of carbonyl (C=O) groups excluding carboxylic acids is 2. The van der Waals surface area contributed by atoms with Crippen molar-refractivity contribution in [3.05, 3.63) is 12.7 Å². The maximum atomic E-state index is 10.9. The van der Waals surface area contributed by atoms with Crippen LogP contribution in [0.5, 0.6) is 0 Å². The van der Waals surface area contributed by atoms with E-state index in [4.69, 9.17) is 0 Å². The van der Waals surface area contributed by atoms with Crippen LogP contribution in [0, 0.1) is 0 Å². The third-order valence-electron chi connectivity index (χ3n) is 1.61. The highest BCUT2D eigenvalue weighted by Gasteiger charge is 1.99. The lowest BCUT2D eigenvalue weighted by Crippen LogP contribution is -1.96. The first kappa shape index (κ1) is 11.1. The van der Waals surface area contributed by atoms with Gasteiger partial charge in [0.25, 0.3) is 0 Å². The molecule has 0 aromatic heterocycles. The fraction of sp³-hybridized carbons (Fsp3) is 0.600. The predicted molar refractivity (Wildman–Crippen MR) is 49.0 cm³/mol. The van der Waals surface area contributed by atoms with Gasteiger partial charge in [-0.1, -0.05) is 6.08 Å². The lowest BCUT2D eigenvalue weighted by Gasteiger charge is -1.96. The number of rotatable bonds is 7. The van der Waals surface area contributed by atoms with E-state index in [-0.39, 0.29) is 11.6 Å². The van der Waals surface area contributed by atoms with Gasteiger partial charge in [-0.2, -0.15) is 0 Å². The molecule has 0 bridgehead atoms. The molecule has 0 unspecified atom stereocenters. The van der Waals surface area contributed by atoms with Gasteiger partial charge < -0.3 is 4.79 Å². The molecule has 0 radical (unpaired) electrons. The zero-order valence-electron chi connectivity index (χ0n) is 7.64. The Balaban J connectivity index is 3.25. The van der Waals surface area contributed by atoms with E-state index < -0.39 is 0 Å². The van der Waals surface area contributed by atoms with Gasteiger partial charge in [0.05, 0.1) is 0 Å². The molecule has 0 N–H and O–H groups in total. The highest BCUT2D eigenvalue weighted by molar-refractivity contribution is 5.79. The molecule has 0 rings (SSSR count). The summed E-state index contributed by atoms with van der Waals surface area (Å²) in [7, 11) is 0. The highest BCUT2D eigenvalue weighted by Crippen LogP contribution is 2.02. The largest absolute Gasteiger partial charge is 0.300 e. The maximum absolute atomic E-state index is 10.9. The fourth-order valence-electron chi connectivity index (χ4n) is 0.959. The second-order valence-corrected chi connectivity index (χ2v) is 2.94. The Morgan fingerprint density at radius 2 is 1.83 bits per heavy atom. The first-order valence-corrected chi connectivity index (χ1v) is 4.29. The van der Waals surface area contributed by atoms with Gasteiger partial charge in [0.15, 0.2) is 0 Å². The summed E-state index contributed by atoms with van der Waals surface area (Å²) in [6.07, 6.45) is 4.92. The standard InChI is InChI=1S/C10H16O2/c1-3-6-10(12)8-5-4-7-9(2)11/h3H,1,4-8H2,2H3. The van der Waals surface area contributed by atoms with E-state index >= 15 is 0 Å². The first-order chi connectivity index (χ1) is 5.66. The third kappa shape index (κ3) is 7.19. The van der Waals surface area contributed by atoms with Crippen LogP contribution in [-0.2, 0) is 9.59 Å². The van der Waals surface area contributed by atoms with Crippen LogP contribution in [0.25, 0.3) is 0 Å². The molecular weight excluding hydrogens is 152 g/mol. The zero-order valence-corrected chi connectivity index (χ0v) is 7.64. The van der Waals surface area contributed by atoms with Gasteiger partial charge in [-0.05, 0) is 19.8 Å². The van der Waals surface area contributed by atoms with E-state index in [0.717, 1.165) is 12.8 Å². The summed E-state index contributed by atoms with van der Waals surface area (Å²) in [4.78, 5) is 21.4. The molecule has 0 aliphatic heterocycles. The van der Waals surface area contributed by atoms with Crippen molar-refractivity contribution in [2.24, 2.45) is 0 Å². The van der Waals surface area contributed by atoms with Crippen LogP contribution in [-0.4, -0.2) is 11.6 Å². The zero-order chi connectivity index (χ0) is 9.40. The summed E-state index contributed by atoms with van der Waals surface area (Å²) in [6, 6.07) is 0. The lowest BCUT2D eigenvalue weighted by molar-refractivity contribution is -0.119. The van der Waals surface area contributed by atoms with Crippen LogP contribution in [0.15, 0.2) is 12.7 Å². The molecule has 0 aromatic rings. The minimum Gasteiger partial charge on any atom is -0.300 e. The molecular formula is C10H16O2. The Kier molecular flexibility index (Phi) is 6.25. The van der Waals surface area contributed by atoms with Crippen LogP contribution >= 0.6 is 0 Å². The Hall–Kier alpha value is -0.920. The van der Waals surface area contributed by atoms with E-state index in [1.165, 1.54) is 0 Å². The average Bonchev–Trinajstić information content (AvgIpc) is 1.98. The predicted octanol–water partition coefficient (Wildman–Crippen LogP) is 2.28. The quantitative estimate of drug-likeness (QED) is 0.431. The summed E-state index contributed by atoms with van der Waals surface area (Å²) in [6.45, 7) is 5.06. The molecule has 0 heterocycles. The van der Waals surface area contributed by atoms with E-state index in [0.29, 0.717) is 19.3 Å². The van der Waals surface area contributed by atoms with Gasteiger partial charge in [-0.25, -0.2) is 0 Å². The van der Waals surface area contributed by atoms with Gasteiger partial charge in [0, 0.05) is 19.3 Å². The topological polar surface area (TPSA) is 34.1 Å². The molecule has 0 atom stereocenters. The van der Waals surface area contributed by atoms with Crippen LogP contribution < -0.4 is 0 Å². The highest BCUT2D eigenvalue weighted by atomic mass is 16.1. The monoisotopic (exact) mass is 168 g/mol. The molecule has 2 nitrogen and oxygen atoms in total.